The Kier molecular flexibility index (Phi) is 3.58. The molecule has 0 aliphatic rings. The van der Waals surface area contributed by atoms with Crippen LogP contribution in [0.3, 0.4) is 0 Å². The van der Waals surface area contributed by atoms with Gasteiger partial charge in [-0.15, -0.1) is 0 Å². The van der Waals surface area contributed by atoms with E-state index in [-0.39, 0.29) is 5.56 Å². The molecule has 0 bridgehead atoms. The van der Waals surface area contributed by atoms with Crippen molar-refractivity contribution >= 4 is 28.6 Å². The zero-order valence-electron chi connectivity index (χ0n) is 11.3. The summed E-state index contributed by atoms with van der Waals surface area (Å²) in [5, 5.41) is 10.7. The predicted molar refractivity (Wildman–Crippen MR) is 81.8 cm³/mol. The van der Waals surface area contributed by atoms with Gasteiger partial charge in [0.05, 0.1) is 11.1 Å². The quantitative estimate of drug-likeness (QED) is 0.796. The number of carboxylic acids is 1. The summed E-state index contributed by atoms with van der Waals surface area (Å²) in [5.74, 6) is -0.972. The molecule has 0 radical (unpaired) electrons. The van der Waals surface area contributed by atoms with Crippen LogP contribution >= 0.6 is 11.8 Å². The average Bonchev–Trinajstić information content (AvgIpc) is 2.47. The largest absolute Gasteiger partial charge is 0.478 e. The molecule has 2 aromatic heterocycles. The van der Waals surface area contributed by atoms with Crippen molar-refractivity contribution in [2.75, 3.05) is 0 Å². The third-order valence-electron chi connectivity index (χ3n) is 3.01. The summed E-state index contributed by atoms with van der Waals surface area (Å²) in [7, 11) is 0. The highest BCUT2D eigenvalue weighted by Crippen LogP contribution is 2.34. The Morgan fingerprint density at radius 3 is 2.81 bits per heavy atom. The van der Waals surface area contributed by atoms with Crippen molar-refractivity contribution in [2.24, 2.45) is 0 Å². The number of carbonyl (C=O) groups is 1. The van der Waals surface area contributed by atoms with Crippen LogP contribution in [0.15, 0.2) is 58.6 Å². The van der Waals surface area contributed by atoms with Crippen LogP contribution in [0.1, 0.15) is 16.1 Å². The molecule has 2 heterocycles. The molecule has 0 aliphatic heterocycles. The van der Waals surface area contributed by atoms with Crippen LogP contribution in [0.4, 0.5) is 0 Å². The second kappa shape index (κ2) is 5.54. The van der Waals surface area contributed by atoms with E-state index in [2.05, 4.69) is 9.97 Å². The molecule has 0 fully saturated rings. The van der Waals surface area contributed by atoms with E-state index in [1.54, 1.807) is 18.3 Å². The van der Waals surface area contributed by atoms with Crippen LogP contribution in [-0.4, -0.2) is 21.0 Å². The number of pyridine rings is 2. The molecule has 4 nitrogen and oxygen atoms in total. The molecule has 1 aromatic carbocycles. The molecule has 21 heavy (non-hydrogen) atoms. The Bertz CT molecular complexity index is 833. The minimum absolute atomic E-state index is 0.209. The number of hydrogen-bond donors (Lipinski definition) is 1. The molecule has 0 atom stereocenters. The summed E-state index contributed by atoms with van der Waals surface area (Å²) in [6.45, 7) is 1.92. The predicted octanol–water partition coefficient (Wildman–Crippen LogP) is 3.79. The summed E-state index contributed by atoms with van der Waals surface area (Å²) in [4.78, 5) is 20.9. The monoisotopic (exact) mass is 296 g/mol. The van der Waals surface area contributed by atoms with Gasteiger partial charge in [0, 0.05) is 22.2 Å². The van der Waals surface area contributed by atoms with E-state index in [1.807, 2.05) is 37.3 Å². The molecular weight excluding hydrogens is 284 g/mol. The minimum Gasteiger partial charge on any atom is -0.478 e. The fraction of sp³-hybridized carbons (Fsp3) is 0.0625. The lowest BCUT2D eigenvalue weighted by molar-refractivity contribution is 0.0692. The van der Waals surface area contributed by atoms with Crippen LogP contribution < -0.4 is 0 Å². The fourth-order valence-electron chi connectivity index (χ4n) is 2.09. The minimum atomic E-state index is -0.972. The number of aryl methyl sites for hydroxylation is 1. The van der Waals surface area contributed by atoms with E-state index >= 15 is 0 Å². The van der Waals surface area contributed by atoms with Gasteiger partial charge in [0.1, 0.15) is 5.03 Å². The maximum absolute atomic E-state index is 11.3. The van der Waals surface area contributed by atoms with Crippen molar-refractivity contribution in [1.82, 2.24) is 9.97 Å². The Morgan fingerprint density at radius 2 is 2.00 bits per heavy atom. The van der Waals surface area contributed by atoms with Crippen molar-refractivity contribution in [2.45, 2.75) is 16.8 Å². The lowest BCUT2D eigenvalue weighted by Gasteiger charge is -2.08. The third-order valence-corrected chi connectivity index (χ3v) is 4.09. The number of benzene rings is 1. The highest BCUT2D eigenvalue weighted by atomic mass is 32.2. The first-order valence-electron chi connectivity index (χ1n) is 6.38. The normalized spacial score (nSPS) is 10.7. The van der Waals surface area contributed by atoms with E-state index < -0.39 is 5.97 Å². The highest BCUT2D eigenvalue weighted by molar-refractivity contribution is 7.99. The lowest BCUT2D eigenvalue weighted by atomic mass is 10.2. The van der Waals surface area contributed by atoms with E-state index in [4.69, 9.17) is 0 Å². The molecular formula is C16H12N2O2S. The van der Waals surface area contributed by atoms with Crippen molar-refractivity contribution in [3.05, 3.63) is 59.9 Å². The molecule has 0 spiro atoms. The van der Waals surface area contributed by atoms with Crippen molar-refractivity contribution < 1.29 is 9.90 Å². The number of para-hydroxylation sites is 1. The fourth-order valence-corrected chi connectivity index (χ4v) is 3.19. The number of aromatic nitrogens is 2. The summed E-state index contributed by atoms with van der Waals surface area (Å²) in [6, 6.07) is 13.0. The third kappa shape index (κ3) is 2.73. The lowest BCUT2D eigenvalue weighted by Crippen LogP contribution is -2.00. The van der Waals surface area contributed by atoms with Crippen molar-refractivity contribution in [1.29, 1.82) is 0 Å². The average molecular weight is 296 g/mol. The van der Waals surface area contributed by atoms with Gasteiger partial charge in [-0.05, 0) is 31.2 Å². The molecule has 1 N–H and O–H groups in total. The zero-order chi connectivity index (χ0) is 14.8. The number of aromatic carboxylic acids is 1. The first-order chi connectivity index (χ1) is 10.1. The van der Waals surface area contributed by atoms with Gasteiger partial charge in [0.2, 0.25) is 0 Å². The van der Waals surface area contributed by atoms with Gasteiger partial charge in [0.25, 0.3) is 0 Å². The van der Waals surface area contributed by atoms with Gasteiger partial charge in [-0.2, -0.15) is 0 Å². The Hall–Kier alpha value is -2.40. The molecule has 3 rings (SSSR count). The molecule has 0 saturated heterocycles. The van der Waals surface area contributed by atoms with E-state index in [1.165, 1.54) is 11.8 Å². The Morgan fingerprint density at radius 1 is 1.19 bits per heavy atom. The van der Waals surface area contributed by atoms with Gasteiger partial charge >= 0.3 is 5.97 Å². The van der Waals surface area contributed by atoms with Crippen molar-refractivity contribution in [3.63, 3.8) is 0 Å². The number of carboxylic acid groups (broad SMARTS) is 1. The smallest absolute Gasteiger partial charge is 0.338 e. The van der Waals surface area contributed by atoms with Crippen LogP contribution in [0.25, 0.3) is 10.9 Å². The maximum atomic E-state index is 11.3. The number of rotatable bonds is 3. The first-order valence-corrected chi connectivity index (χ1v) is 7.19. The van der Waals surface area contributed by atoms with E-state index in [9.17, 15) is 9.90 Å². The van der Waals surface area contributed by atoms with Crippen LogP contribution in [0.5, 0.6) is 0 Å². The number of nitrogens with zero attached hydrogens (tertiary/aromatic N) is 2. The van der Waals surface area contributed by atoms with E-state index in [0.717, 1.165) is 21.5 Å². The summed E-state index contributed by atoms with van der Waals surface area (Å²) in [6.07, 6.45) is 1.60. The topological polar surface area (TPSA) is 63.1 Å². The number of hydrogen-bond acceptors (Lipinski definition) is 4. The second-order valence-corrected chi connectivity index (χ2v) is 5.57. The Labute approximate surface area is 125 Å². The molecule has 0 saturated carbocycles. The van der Waals surface area contributed by atoms with Gasteiger partial charge in [0.15, 0.2) is 0 Å². The van der Waals surface area contributed by atoms with Gasteiger partial charge in [-0.3, -0.25) is 4.98 Å². The van der Waals surface area contributed by atoms with Gasteiger partial charge in [-0.1, -0.05) is 30.0 Å². The van der Waals surface area contributed by atoms with Gasteiger partial charge < -0.3 is 5.11 Å². The standard InChI is InChI=1S/C16H12N2O2S/c1-10-9-14(11-5-2-3-7-13(11)18-10)21-15-12(16(19)20)6-4-8-17-15/h2-9H,1H3,(H,19,20). The maximum Gasteiger partial charge on any atom is 0.338 e. The van der Waals surface area contributed by atoms with Crippen molar-refractivity contribution in [3.8, 4) is 0 Å². The van der Waals surface area contributed by atoms with E-state index in [0.29, 0.717) is 5.03 Å². The Balaban J connectivity index is 2.13. The van der Waals surface area contributed by atoms with Crippen LogP contribution in [0.2, 0.25) is 0 Å². The zero-order valence-corrected chi connectivity index (χ0v) is 12.1. The molecule has 0 amide bonds. The van der Waals surface area contributed by atoms with Crippen LogP contribution in [-0.2, 0) is 0 Å². The molecule has 0 aliphatic carbocycles. The summed E-state index contributed by atoms with van der Waals surface area (Å²) < 4.78 is 0. The SMILES string of the molecule is Cc1cc(Sc2ncccc2C(=O)O)c2ccccc2n1. The van der Waals surface area contributed by atoms with Crippen LogP contribution in [0, 0.1) is 6.92 Å². The molecule has 3 aromatic rings. The highest BCUT2D eigenvalue weighted by Gasteiger charge is 2.13. The summed E-state index contributed by atoms with van der Waals surface area (Å²) in [5.41, 5.74) is 2.00. The van der Waals surface area contributed by atoms with Gasteiger partial charge in [-0.25, -0.2) is 9.78 Å². The summed E-state index contributed by atoms with van der Waals surface area (Å²) >= 11 is 1.35. The molecule has 104 valence electrons. The number of fused-ring (bicyclic) bond motifs is 1. The second-order valence-electron chi connectivity index (χ2n) is 4.54. The molecule has 0 unspecified atom stereocenters. The first kappa shape index (κ1) is 13.6. The molecule has 5 heteroatoms.